The fourth-order valence-electron chi connectivity index (χ4n) is 2.50. The Balaban J connectivity index is 1.84. The maximum absolute atomic E-state index is 12.4. The van der Waals surface area contributed by atoms with Crippen molar-refractivity contribution in [1.29, 1.82) is 0 Å². The largest absolute Gasteiger partial charge is 0.497 e. The van der Waals surface area contributed by atoms with E-state index in [1.54, 1.807) is 44.4 Å². The standard InChI is InChI=1S/C18H20N6O3/c1-4-12-10-16(25)22-17(19-12)24-15(8-11(2)23-24)21-18(26)20-13-6-5-7-14(9-13)27-3/h5-10H,4H2,1-3H3,(H,19,22,25)(H2,20,21,26). The zero-order chi connectivity index (χ0) is 19.4. The summed E-state index contributed by atoms with van der Waals surface area (Å²) in [5, 5.41) is 9.75. The first-order chi connectivity index (χ1) is 13.0. The van der Waals surface area contributed by atoms with Gasteiger partial charge in [0.05, 0.1) is 12.8 Å². The van der Waals surface area contributed by atoms with Crippen LogP contribution in [0, 0.1) is 6.92 Å². The van der Waals surface area contributed by atoms with Gasteiger partial charge in [0.1, 0.15) is 11.6 Å². The van der Waals surface area contributed by atoms with Gasteiger partial charge in [-0.2, -0.15) is 9.78 Å². The maximum atomic E-state index is 12.4. The minimum Gasteiger partial charge on any atom is -0.497 e. The molecule has 1 aromatic carbocycles. The van der Waals surface area contributed by atoms with Crippen LogP contribution in [0.25, 0.3) is 5.95 Å². The molecule has 2 amide bonds. The second-order valence-electron chi connectivity index (χ2n) is 5.81. The Morgan fingerprint density at radius 1 is 1.26 bits per heavy atom. The number of aromatic nitrogens is 4. The molecule has 0 spiro atoms. The number of carbonyl (C=O) groups is 1. The van der Waals surface area contributed by atoms with Crippen molar-refractivity contribution in [2.75, 3.05) is 17.7 Å². The van der Waals surface area contributed by atoms with Gasteiger partial charge >= 0.3 is 6.03 Å². The molecule has 0 bridgehead atoms. The summed E-state index contributed by atoms with van der Waals surface area (Å²) in [6.45, 7) is 3.68. The molecular weight excluding hydrogens is 348 g/mol. The summed E-state index contributed by atoms with van der Waals surface area (Å²) >= 11 is 0. The SMILES string of the molecule is CCc1cc(=O)[nH]c(-n2nc(C)cc2NC(=O)Nc2cccc(OC)c2)n1. The summed E-state index contributed by atoms with van der Waals surface area (Å²) in [7, 11) is 1.55. The van der Waals surface area contributed by atoms with E-state index in [-0.39, 0.29) is 11.5 Å². The molecule has 0 atom stereocenters. The van der Waals surface area contributed by atoms with Gasteiger partial charge in [-0.25, -0.2) is 9.78 Å². The maximum Gasteiger partial charge on any atom is 0.324 e. The number of hydrogen-bond acceptors (Lipinski definition) is 5. The lowest BCUT2D eigenvalue weighted by Crippen LogP contribution is -2.23. The summed E-state index contributed by atoms with van der Waals surface area (Å²) in [6, 6.07) is 9.66. The van der Waals surface area contributed by atoms with Crippen molar-refractivity contribution in [2.45, 2.75) is 20.3 Å². The second-order valence-corrected chi connectivity index (χ2v) is 5.81. The van der Waals surface area contributed by atoms with E-state index in [0.29, 0.717) is 35.1 Å². The average molecular weight is 368 g/mol. The van der Waals surface area contributed by atoms with Gasteiger partial charge in [-0.05, 0) is 25.5 Å². The summed E-state index contributed by atoms with van der Waals surface area (Å²) in [5.41, 5.74) is 1.59. The highest BCUT2D eigenvalue weighted by atomic mass is 16.5. The van der Waals surface area contributed by atoms with Crippen LogP contribution in [0.15, 0.2) is 41.2 Å². The average Bonchev–Trinajstić information content (AvgIpc) is 3.01. The number of nitrogens with one attached hydrogen (secondary N) is 3. The fraction of sp³-hybridized carbons (Fsp3) is 0.222. The van der Waals surface area contributed by atoms with Crippen molar-refractivity contribution < 1.29 is 9.53 Å². The molecule has 0 saturated carbocycles. The molecule has 0 aliphatic heterocycles. The van der Waals surface area contributed by atoms with Crippen molar-refractivity contribution in [3.8, 4) is 11.7 Å². The van der Waals surface area contributed by atoms with E-state index in [0.717, 1.165) is 0 Å². The van der Waals surface area contributed by atoms with Crippen LogP contribution in [-0.4, -0.2) is 32.9 Å². The van der Waals surface area contributed by atoms with Crippen molar-refractivity contribution >= 4 is 17.5 Å². The number of ether oxygens (including phenoxy) is 1. The van der Waals surface area contributed by atoms with Gasteiger partial charge < -0.3 is 10.1 Å². The highest BCUT2D eigenvalue weighted by Crippen LogP contribution is 2.18. The van der Waals surface area contributed by atoms with Crippen molar-refractivity contribution in [2.24, 2.45) is 0 Å². The van der Waals surface area contributed by atoms with Gasteiger partial charge in [0.2, 0.25) is 5.95 Å². The number of aryl methyl sites for hydroxylation is 2. The number of hydrogen-bond donors (Lipinski definition) is 3. The number of carbonyl (C=O) groups excluding carboxylic acids is 1. The highest BCUT2D eigenvalue weighted by Gasteiger charge is 2.13. The smallest absolute Gasteiger partial charge is 0.324 e. The molecule has 0 unspecified atom stereocenters. The number of amides is 2. The molecule has 0 aliphatic rings. The number of benzene rings is 1. The van der Waals surface area contributed by atoms with Gasteiger partial charge in [0, 0.05) is 29.6 Å². The molecule has 3 rings (SSSR count). The minimum atomic E-state index is -0.460. The number of rotatable bonds is 5. The summed E-state index contributed by atoms with van der Waals surface area (Å²) in [4.78, 5) is 31.2. The number of H-pyrrole nitrogens is 1. The summed E-state index contributed by atoms with van der Waals surface area (Å²) in [5.74, 6) is 1.25. The Hall–Kier alpha value is -3.62. The van der Waals surface area contributed by atoms with E-state index >= 15 is 0 Å². The third-order valence-electron chi connectivity index (χ3n) is 3.75. The predicted octanol–water partition coefficient (Wildman–Crippen LogP) is 2.48. The molecule has 0 saturated heterocycles. The first kappa shape index (κ1) is 18.2. The number of urea groups is 1. The molecule has 27 heavy (non-hydrogen) atoms. The van der Waals surface area contributed by atoms with E-state index in [1.807, 2.05) is 6.92 Å². The normalized spacial score (nSPS) is 10.5. The monoisotopic (exact) mass is 368 g/mol. The summed E-state index contributed by atoms with van der Waals surface area (Å²) in [6.07, 6.45) is 0.607. The molecule has 0 aliphatic carbocycles. The fourth-order valence-corrected chi connectivity index (χ4v) is 2.50. The van der Waals surface area contributed by atoms with Crippen molar-refractivity contribution in [1.82, 2.24) is 19.7 Å². The topological polar surface area (TPSA) is 114 Å². The van der Waals surface area contributed by atoms with Gasteiger partial charge in [-0.1, -0.05) is 13.0 Å². The zero-order valence-corrected chi connectivity index (χ0v) is 15.2. The molecule has 0 fully saturated rings. The first-order valence-electron chi connectivity index (χ1n) is 8.38. The Bertz CT molecular complexity index is 1020. The zero-order valence-electron chi connectivity index (χ0n) is 15.2. The molecule has 0 radical (unpaired) electrons. The number of anilines is 2. The first-order valence-corrected chi connectivity index (χ1v) is 8.38. The molecule has 2 heterocycles. The van der Waals surface area contributed by atoms with Crippen LogP contribution in [0.2, 0.25) is 0 Å². The van der Waals surface area contributed by atoms with Gasteiger partial charge in [-0.3, -0.25) is 15.1 Å². The number of nitrogens with zero attached hydrogens (tertiary/aromatic N) is 3. The Labute approximate surface area is 155 Å². The van der Waals surface area contributed by atoms with E-state index in [4.69, 9.17) is 4.74 Å². The second kappa shape index (κ2) is 7.73. The third-order valence-corrected chi connectivity index (χ3v) is 3.75. The van der Waals surface area contributed by atoms with Crippen LogP contribution in [-0.2, 0) is 6.42 Å². The Morgan fingerprint density at radius 3 is 2.81 bits per heavy atom. The number of aromatic amines is 1. The van der Waals surface area contributed by atoms with Crippen LogP contribution >= 0.6 is 0 Å². The van der Waals surface area contributed by atoms with Crippen LogP contribution in [0.4, 0.5) is 16.3 Å². The predicted molar refractivity (Wildman–Crippen MR) is 102 cm³/mol. The van der Waals surface area contributed by atoms with Crippen LogP contribution in [0.5, 0.6) is 5.75 Å². The Kier molecular flexibility index (Phi) is 5.20. The van der Waals surface area contributed by atoms with E-state index in [2.05, 4.69) is 25.7 Å². The van der Waals surface area contributed by atoms with Gasteiger partial charge in [0.25, 0.3) is 5.56 Å². The van der Waals surface area contributed by atoms with Gasteiger partial charge in [-0.15, -0.1) is 0 Å². The third kappa shape index (κ3) is 4.32. The van der Waals surface area contributed by atoms with Crippen LogP contribution in [0.3, 0.4) is 0 Å². The minimum absolute atomic E-state index is 0.240. The molecule has 9 nitrogen and oxygen atoms in total. The lowest BCUT2D eigenvalue weighted by molar-refractivity contribution is 0.262. The lowest BCUT2D eigenvalue weighted by atomic mass is 10.3. The Morgan fingerprint density at radius 2 is 2.07 bits per heavy atom. The van der Waals surface area contributed by atoms with Crippen LogP contribution < -0.4 is 20.9 Å². The molecule has 140 valence electrons. The van der Waals surface area contributed by atoms with Crippen LogP contribution in [0.1, 0.15) is 18.3 Å². The quantitative estimate of drug-likeness (QED) is 0.640. The van der Waals surface area contributed by atoms with Crippen molar-refractivity contribution in [3.63, 3.8) is 0 Å². The lowest BCUT2D eigenvalue weighted by Gasteiger charge is -2.10. The van der Waals surface area contributed by atoms with E-state index in [9.17, 15) is 9.59 Å². The molecule has 3 aromatic rings. The number of methoxy groups -OCH3 is 1. The molecule has 2 aromatic heterocycles. The molecule has 9 heteroatoms. The molecule has 3 N–H and O–H groups in total. The van der Waals surface area contributed by atoms with E-state index in [1.165, 1.54) is 10.7 Å². The van der Waals surface area contributed by atoms with Crippen molar-refractivity contribution in [3.05, 3.63) is 58.1 Å². The van der Waals surface area contributed by atoms with Gasteiger partial charge in [0.15, 0.2) is 0 Å². The molecular formula is C18H20N6O3. The highest BCUT2D eigenvalue weighted by molar-refractivity contribution is 5.99. The summed E-state index contributed by atoms with van der Waals surface area (Å²) < 4.78 is 6.53. The van der Waals surface area contributed by atoms with E-state index < -0.39 is 6.03 Å².